The quantitative estimate of drug-likeness (QED) is 0.499. The summed E-state index contributed by atoms with van der Waals surface area (Å²) in [6.07, 6.45) is 0. The highest BCUT2D eigenvalue weighted by molar-refractivity contribution is 9.10. The molecule has 0 unspecified atom stereocenters. The minimum absolute atomic E-state index is 0.118. The number of fused-ring (bicyclic) bond motifs is 1. The summed E-state index contributed by atoms with van der Waals surface area (Å²) in [7, 11) is 0. The number of nitrogens with one attached hydrogen (secondary N) is 1. The highest BCUT2D eigenvalue weighted by Gasteiger charge is 2.12. The fraction of sp³-hybridized carbons (Fsp3) is 0.0952. The second kappa shape index (κ2) is 7.82. The summed E-state index contributed by atoms with van der Waals surface area (Å²) >= 11 is 3.37. The summed E-state index contributed by atoms with van der Waals surface area (Å²) in [6.45, 7) is 1.86. The molecule has 140 valence electrons. The Kier molecular flexibility index (Phi) is 5.08. The molecular weight excluding hydrogens is 420 g/mol. The molecule has 0 aliphatic rings. The zero-order valence-corrected chi connectivity index (χ0v) is 16.7. The van der Waals surface area contributed by atoms with Gasteiger partial charge in [-0.25, -0.2) is 0 Å². The number of carbonyl (C=O) groups excluding carboxylic acids is 1. The van der Waals surface area contributed by atoms with Crippen LogP contribution in [0.15, 0.2) is 71.2 Å². The van der Waals surface area contributed by atoms with Crippen LogP contribution in [0.4, 0.5) is 5.69 Å². The Hall–Kier alpha value is -3.19. The molecule has 28 heavy (non-hydrogen) atoms. The van der Waals surface area contributed by atoms with Crippen molar-refractivity contribution in [1.29, 1.82) is 0 Å². The topological polar surface area (TPSA) is 69.0 Å². The number of rotatable bonds is 5. The van der Waals surface area contributed by atoms with Gasteiger partial charge in [-0.2, -0.15) is 0 Å². The van der Waals surface area contributed by atoms with Crippen LogP contribution in [0, 0.1) is 6.92 Å². The molecule has 0 saturated carbocycles. The van der Waals surface area contributed by atoms with E-state index < -0.39 is 0 Å². The molecule has 6 nitrogen and oxygen atoms in total. The van der Waals surface area contributed by atoms with Crippen LogP contribution in [0.2, 0.25) is 0 Å². The zero-order chi connectivity index (χ0) is 19.5. The predicted molar refractivity (Wildman–Crippen MR) is 112 cm³/mol. The molecule has 0 aliphatic carbocycles. The predicted octanol–water partition coefficient (Wildman–Crippen LogP) is 4.51. The van der Waals surface area contributed by atoms with Crippen molar-refractivity contribution in [3.63, 3.8) is 0 Å². The lowest BCUT2D eigenvalue weighted by atomic mass is 10.2. The molecular formula is C21H17BrN4O2. The number of amides is 1. The standard InChI is InChI=1S/C21H17BrN4O2/c1-14-6-11-20(28-13-21(27)23-16-9-7-15(22)8-10-16)19(12-14)26-24-17-4-2-3-5-18(17)25-26/h2-12H,13H2,1H3,(H,23,27). The van der Waals surface area contributed by atoms with Crippen LogP contribution < -0.4 is 10.1 Å². The van der Waals surface area contributed by atoms with E-state index in [1.54, 1.807) is 4.80 Å². The summed E-state index contributed by atoms with van der Waals surface area (Å²) in [4.78, 5) is 13.8. The van der Waals surface area contributed by atoms with Crippen LogP contribution in [0.25, 0.3) is 16.7 Å². The number of aryl methyl sites for hydroxylation is 1. The Balaban J connectivity index is 1.53. The van der Waals surface area contributed by atoms with Gasteiger partial charge in [0.15, 0.2) is 6.61 Å². The first-order valence-corrected chi connectivity index (χ1v) is 9.49. The van der Waals surface area contributed by atoms with Gasteiger partial charge in [-0.1, -0.05) is 34.1 Å². The normalized spacial score (nSPS) is 10.8. The summed E-state index contributed by atoms with van der Waals surface area (Å²) in [5.41, 5.74) is 4.03. The van der Waals surface area contributed by atoms with Crippen molar-refractivity contribution in [3.8, 4) is 11.4 Å². The molecule has 0 radical (unpaired) electrons. The molecule has 0 fully saturated rings. The first-order valence-electron chi connectivity index (χ1n) is 8.70. The van der Waals surface area contributed by atoms with E-state index in [2.05, 4.69) is 31.4 Å². The third kappa shape index (κ3) is 4.04. The van der Waals surface area contributed by atoms with E-state index in [0.29, 0.717) is 17.1 Å². The Bertz CT molecular complexity index is 1110. The van der Waals surface area contributed by atoms with Gasteiger partial charge in [0.1, 0.15) is 22.5 Å². The molecule has 1 heterocycles. The maximum absolute atomic E-state index is 12.2. The van der Waals surface area contributed by atoms with Gasteiger partial charge in [-0.3, -0.25) is 4.79 Å². The van der Waals surface area contributed by atoms with E-state index >= 15 is 0 Å². The third-order valence-electron chi connectivity index (χ3n) is 4.10. The van der Waals surface area contributed by atoms with E-state index in [1.165, 1.54) is 0 Å². The maximum atomic E-state index is 12.2. The van der Waals surface area contributed by atoms with Crippen LogP contribution in [0.3, 0.4) is 0 Å². The molecule has 1 aromatic heterocycles. The average Bonchev–Trinajstić information content (AvgIpc) is 3.13. The van der Waals surface area contributed by atoms with Gasteiger partial charge in [0.2, 0.25) is 0 Å². The Labute approximate surface area is 170 Å². The highest BCUT2D eigenvalue weighted by atomic mass is 79.9. The van der Waals surface area contributed by atoms with Gasteiger partial charge in [-0.15, -0.1) is 15.0 Å². The van der Waals surface area contributed by atoms with Crippen LogP contribution >= 0.6 is 15.9 Å². The first-order chi connectivity index (χ1) is 13.6. The molecule has 7 heteroatoms. The molecule has 0 aliphatic heterocycles. The van der Waals surface area contributed by atoms with E-state index in [0.717, 1.165) is 21.1 Å². The fourth-order valence-electron chi connectivity index (χ4n) is 2.75. The number of halogens is 1. The van der Waals surface area contributed by atoms with Gasteiger partial charge < -0.3 is 10.1 Å². The van der Waals surface area contributed by atoms with Crippen LogP contribution in [-0.4, -0.2) is 27.5 Å². The molecule has 1 N–H and O–H groups in total. The second-order valence-corrected chi connectivity index (χ2v) is 7.21. The van der Waals surface area contributed by atoms with E-state index in [1.807, 2.05) is 73.7 Å². The smallest absolute Gasteiger partial charge is 0.262 e. The largest absolute Gasteiger partial charge is 0.481 e. The lowest BCUT2D eigenvalue weighted by molar-refractivity contribution is -0.118. The van der Waals surface area contributed by atoms with Crippen molar-refractivity contribution in [3.05, 3.63) is 76.8 Å². The molecule has 0 atom stereocenters. The molecule has 0 spiro atoms. The molecule has 3 aromatic carbocycles. The van der Waals surface area contributed by atoms with Gasteiger partial charge >= 0.3 is 0 Å². The third-order valence-corrected chi connectivity index (χ3v) is 4.63. The number of anilines is 1. The Morgan fingerprint density at radius 1 is 1.04 bits per heavy atom. The first kappa shape index (κ1) is 18.2. The van der Waals surface area contributed by atoms with Crippen LogP contribution in [-0.2, 0) is 4.79 Å². The van der Waals surface area contributed by atoms with Crippen molar-refractivity contribution in [1.82, 2.24) is 15.0 Å². The van der Waals surface area contributed by atoms with Crippen LogP contribution in [0.1, 0.15) is 5.56 Å². The Morgan fingerprint density at radius 2 is 1.71 bits per heavy atom. The van der Waals surface area contributed by atoms with Crippen LogP contribution in [0.5, 0.6) is 5.75 Å². The van der Waals surface area contributed by atoms with Crippen molar-refractivity contribution < 1.29 is 9.53 Å². The molecule has 0 bridgehead atoms. The zero-order valence-electron chi connectivity index (χ0n) is 15.1. The van der Waals surface area contributed by atoms with Gasteiger partial charge in [0.25, 0.3) is 5.91 Å². The number of hydrogen-bond acceptors (Lipinski definition) is 4. The molecule has 1 amide bonds. The highest BCUT2D eigenvalue weighted by Crippen LogP contribution is 2.24. The maximum Gasteiger partial charge on any atom is 0.262 e. The summed E-state index contributed by atoms with van der Waals surface area (Å²) in [5, 5.41) is 11.8. The van der Waals surface area contributed by atoms with Gasteiger partial charge in [-0.05, 0) is 61.0 Å². The summed E-state index contributed by atoms with van der Waals surface area (Å²) < 4.78 is 6.73. The van der Waals surface area contributed by atoms with E-state index in [4.69, 9.17) is 4.74 Å². The number of ether oxygens (including phenoxy) is 1. The molecule has 0 saturated heterocycles. The van der Waals surface area contributed by atoms with Crippen molar-refractivity contribution in [2.75, 3.05) is 11.9 Å². The monoisotopic (exact) mass is 436 g/mol. The number of nitrogens with zero attached hydrogens (tertiary/aromatic N) is 3. The number of benzene rings is 3. The van der Waals surface area contributed by atoms with Gasteiger partial charge in [0.05, 0.1) is 0 Å². The number of carbonyl (C=O) groups is 1. The lowest BCUT2D eigenvalue weighted by Gasteiger charge is -2.12. The summed E-state index contributed by atoms with van der Waals surface area (Å²) in [6, 6.07) is 20.7. The second-order valence-electron chi connectivity index (χ2n) is 6.29. The lowest BCUT2D eigenvalue weighted by Crippen LogP contribution is -2.20. The van der Waals surface area contributed by atoms with Gasteiger partial charge in [0, 0.05) is 10.2 Å². The fourth-order valence-corrected chi connectivity index (χ4v) is 3.01. The van der Waals surface area contributed by atoms with E-state index in [9.17, 15) is 4.79 Å². The number of hydrogen-bond donors (Lipinski definition) is 1. The Morgan fingerprint density at radius 3 is 2.39 bits per heavy atom. The van der Waals surface area contributed by atoms with E-state index in [-0.39, 0.29) is 12.5 Å². The summed E-state index contributed by atoms with van der Waals surface area (Å²) in [5.74, 6) is 0.296. The minimum atomic E-state index is -0.243. The van der Waals surface area contributed by atoms with Crippen molar-refractivity contribution in [2.24, 2.45) is 0 Å². The molecule has 4 aromatic rings. The number of aromatic nitrogens is 3. The molecule has 4 rings (SSSR count). The van der Waals surface area contributed by atoms with Crippen molar-refractivity contribution >= 4 is 38.6 Å². The minimum Gasteiger partial charge on any atom is -0.481 e. The van der Waals surface area contributed by atoms with Crippen molar-refractivity contribution in [2.45, 2.75) is 6.92 Å². The average molecular weight is 437 g/mol. The SMILES string of the molecule is Cc1ccc(OCC(=O)Nc2ccc(Br)cc2)c(-n2nc3ccccc3n2)c1.